The van der Waals surface area contributed by atoms with Crippen LogP contribution in [0.25, 0.3) is 0 Å². The molecule has 4 heteroatoms. The van der Waals surface area contributed by atoms with Gasteiger partial charge in [-0.05, 0) is 38.5 Å². The molecule has 0 amide bonds. The fourth-order valence-electron chi connectivity index (χ4n) is 1.21. The quantitative estimate of drug-likeness (QED) is 0.750. The average Bonchev–Trinajstić information content (AvgIpc) is 2.36. The third kappa shape index (κ3) is 4.46. The van der Waals surface area contributed by atoms with Crippen LogP contribution in [0.4, 0.5) is 0 Å². The van der Waals surface area contributed by atoms with Crippen LogP contribution in [0.1, 0.15) is 32.8 Å². The first-order valence-electron chi connectivity index (χ1n) is 5.81. The van der Waals surface area contributed by atoms with Crippen molar-refractivity contribution in [3.05, 3.63) is 29.8 Å². The molecule has 0 atom stereocenters. The van der Waals surface area contributed by atoms with E-state index in [-0.39, 0.29) is 6.61 Å². The number of rotatable bonds is 5. The van der Waals surface area contributed by atoms with Crippen LogP contribution in [0.15, 0.2) is 24.3 Å². The van der Waals surface area contributed by atoms with Crippen molar-refractivity contribution in [2.24, 2.45) is 0 Å². The molecular formula is C14H17NO3. The molecule has 0 radical (unpaired) electrons. The molecular weight excluding hydrogens is 230 g/mol. The summed E-state index contributed by atoms with van der Waals surface area (Å²) in [5, 5.41) is 8.73. The lowest BCUT2D eigenvalue weighted by molar-refractivity contribution is -0.159. The van der Waals surface area contributed by atoms with Gasteiger partial charge in [0.05, 0.1) is 11.6 Å². The van der Waals surface area contributed by atoms with Gasteiger partial charge in [-0.3, -0.25) is 0 Å². The zero-order valence-corrected chi connectivity index (χ0v) is 10.9. The zero-order valence-electron chi connectivity index (χ0n) is 10.9. The largest absolute Gasteiger partial charge is 0.482 e. The van der Waals surface area contributed by atoms with Crippen LogP contribution in [0.3, 0.4) is 0 Å². The van der Waals surface area contributed by atoms with Crippen LogP contribution in [-0.2, 0) is 9.53 Å². The maximum Gasteiger partial charge on any atom is 0.344 e. The van der Waals surface area contributed by atoms with E-state index in [0.29, 0.717) is 11.3 Å². The van der Waals surface area contributed by atoms with E-state index in [2.05, 4.69) is 0 Å². The molecule has 4 nitrogen and oxygen atoms in total. The number of hydrogen-bond donors (Lipinski definition) is 0. The Balaban J connectivity index is 2.50. The molecule has 0 N–H and O–H groups in total. The molecule has 0 spiro atoms. The van der Waals surface area contributed by atoms with Crippen LogP contribution in [-0.4, -0.2) is 18.2 Å². The fourth-order valence-corrected chi connectivity index (χ4v) is 1.21. The van der Waals surface area contributed by atoms with Crippen molar-refractivity contribution >= 4 is 5.97 Å². The topological polar surface area (TPSA) is 59.3 Å². The summed E-state index contributed by atoms with van der Waals surface area (Å²) in [7, 11) is 0. The van der Waals surface area contributed by atoms with Crippen LogP contribution < -0.4 is 4.74 Å². The monoisotopic (exact) mass is 247 g/mol. The van der Waals surface area contributed by atoms with Gasteiger partial charge in [-0.25, -0.2) is 4.79 Å². The highest BCUT2D eigenvalue weighted by molar-refractivity contribution is 5.71. The van der Waals surface area contributed by atoms with E-state index >= 15 is 0 Å². The standard InChI is InChI=1S/C14H17NO3/c1-4-14(2,3)18-13(16)10-17-12-7-5-6-11(8-12)9-15/h5-8H,4,10H2,1-3H3. The Hall–Kier alpha value is -2.02. The maximum atomic E-state index is 11.5. The molecule has 0 unspecified atom stereocenters. The van der Waals surface area contributed by atoms with Gasteiger partial charge in [0.2, 0.25) is 0 Å². The van der Waals surface area contributed by atoms with Gasteiger partial charge >= 0.3 is 5.97 Å². The summed E-state index contributed by atoms with van der Waals surface area (Å²) in [5.41, 5.74) is 0.0179. The van der Waals surface area contributed by atoms with E-state index in [0.717, 1.165) is 6.42 Å². The van der Waals surface area contributed by atoms with Gasteiger partial charge in [0.1, 0.15) is 11.4 Å². The van der Waals surface area contributed by atoms with Crippen molar-refractivity contribution in [3.63, 3.8) is 0 Å². The molecule has 0 saturated carbocycles. The number of nitrogens with zero attached hydrogens (tertiary/aromatic N) is 1. The second kappa shape index (κ2) is 6.06. The van der Waals surface area contributed by atoms with Crippen molar-refractivity contribution in [2.45, 2.75) is 32.8 Å². The van der Waals surface area contributed by atoms with E-state index < -0.39 is 11.6 Å². The lowest BCUT2D eigenvalue weighted by atomic mass is 10.1. The van der Waals surface area contributed by atoms with Crippen molar-refractivity contribution < 1.29 is 14.3 Å². The van der Waals surface area contributed by atoms with Gasteiger partial charge in [-0.1, -0.05) is 13.0 Å². The average molecular weight is 247 g/mol. The molecule has 0 fully saturated rings. The molecule has 0 aliphatic heterocycles. The summed E-state index contributed by atoms with van der Waals surface area (Å²) in [6.45, 7) is 5.49. The predicted molar refractivity (Wildman–Crippen MR) is 67.1 cm³/mol. The number of carbonyl (C=O) groups excluding carboxylic acids is 1. The minimum Gasteiger partial charge on any atom is -0.482 e. The molecule has 0 aromatic heterocycles. The van der Waals surface area contributed by atoms with Gasteiger partial charge in [0.25, 0.3) is 0 Å². The number of nitriles is 1. The van der Waals surface area contributed by atoms with Gasteiger partial charge in [0, 0.05) is 0 Å². The van der Waals surface area contributed by atoms with E-state index in [1.165, 1.54) is 0 Å². The Labute approximate surface area is 107 Å². The third-order valence-corrected chi connectivity index (χ3v) is 2.56. The number of esters is 1. The number of carbonyl (C=O) groups is 1. The van der Waals surface area contributed by atoms with Crippen LogP contribution in [0.5, 0.6) is 5.75 Å². The molecule has 0 aliphatic carbocycles. The van der Waals surface area contributed by atoms with Crippen molar-refractivity contribution in [3.8, 4) is 11.8 Å². The Bertz CT molecular complexity index is 460. The van der Waals surface area contributed by atoms with E-state index in [1.54, 1.807) is 24.3 Å². The lowest BCUT2D eigenvalue weighted by Crippen LogP contribution is -2.29. The maximum absolute atomic E-state index is 11.5. The number of hydrogen-bond acceptors (Lipinski definition) is 4. The number of ether oxygens (including phenoxy) is 2. The fraction of sp³-hybridized carbons (Fsp3) is 0.429. The summed E-state index contributed by atoms with van der Waals surface area (Å²) in [6.07, 6.45) is 0.739. The van der Waals surface area contributed by atoms with E-state index in [9.17, 15) is 4.79 Å². The molecule has 1 aromatic rings. The molecule has 1 aromatic carbocycles. The van der Waals surface area contributed by atoms with Crippen LogP contribution >= 0.6 is 0 Å². The molecule has 18 heavy (non-hydrogen) atoms. The van der Waals surface area contributed by atoms with Crippen molar-refractivity contribution in [1.29, 1.82) is 5.26 Å². The molecule has 1 rings (SSSR count). The molecule has 0 saturated heterocycles. The van der Waals surface area contributed by atoms with E-state index in [1.807, 2.05) is 26.8 Å². The lowest BCUT2D eigenvalue weighted by Gasteiger charge is -2.23. The predicted octanol–water partition coefficient (Wildman–Crippen LogP) is 2.67. The highest BCUT2D eigenvalue weighted by atomic mass is 16.6. The summed E-state index contributed by atoms with van der Waals surface area (Å²) < 4.78 is 10.5. The number of benzene rings is 1. The van der Waals surface area contributed by atoms with E-state index in [4.69, 9.17) is 14.7 Å². The zero-order chi connectivity index (χ0) is 13.6. The second-order valence-electron chi connectivity index (χ2n) is 4.52. The van der Waals surface area contributed by atoms with Gasteiger partial charge in [-0.2, -0.15) is 5.26 Å². The molecule has 96 valence electrons. The third-order valence-electron chi connectivity index (χ3n) is 2.56. The smallest absolute Gasteiger partial charge is 0.344 e. The first-order valence-corrected chi connectivity index (χ1v) is 5.81. The summed E-state index contributed by atoms with van der Waals surface area (Å²) in [4.78, 5) is 11.5. The van der Waals surface area contributed by atoms with Crippen molar-refractivity contribution in [1.82, 2.24) is 0 Å². The van der Waals surface area contributed by atoms with Gasteiger partial charge in [-0.15, -0.1) is 0 Å². The minimum absolute atomic E-state index is 0.154. The summed E-state index contributed by atoms with van der Waals surface area (Å²) in [5.74, 6) is 0.0736. The van der Waals surface area contributed by atoms with Gasteiger partial charge < -0.3 is 9.47 Å². The normalized spacial score (nSPS) is 10.6. The minimum atomic E-state index is -0.477. The Morgan fingerprint density at radius 1 is 1.44 bits per heavy atom. The first kappa shape index (κ1) is 14.0. The van der Waals surface area contributed by atoms with Crippen LogP contribution in [0.2, 0.25) is 0 Å². The van der Waals surface area contributed by atoms with Crippen LogP contribution in [0, 0.1) is 11.3 Å². The summed E-state index contributed by atoms with van der Waals surface area (Å²) in [6, 6.07) is 8.66. The highest BCUT2D eigenvalue weighted by Crippen LogP contribution is 2.15. The van der Waals surface area contributed by atoms with Gasteiger partial charge in [0.15, 0.2) is 6.61 Å². The Morgan fingerprint density at radius 2 is 2.17 bits per heavy atom. The molecule has 0 aliphatic rings. The summed E-state index contributed by atoms with van der Waals surface area (Å²) >= 11 is 0. The first-order chi connectivity index (χ1) is 8.46. The molecule has 0 heterocycles. The highest BCUT2D eigenvalue weighted by Gasteiger charge is 2.20. The Morgan fingerprint density at radius 3 is 2.78 bits per heavy atom. The second-order valence-corrected chi connectivity index (χ2v) is 4.52. The Kier molecular flexibility index (Phi) is 4.73. The SMILES string of the molecule is CCC(C)(C)OC(=O)COc1cccc(C#N)c1. The van der Waals surface area contributed by atoms with Crippen molar-refractivity contribution in [2.75, 3.05) is 6.61 Å². The molecule has 0 bridgehead atoms.